The summed E-state index contributed by atoms with van der Waals surface area (Å²) in [6.45, 7) is -8.34. The summed E-state index contributed by atoms with van der Waals surface area (Å²) in [5, 5.41) is 75.2. The molecule has 0 radical (unpaired) electrons. The number of alkyl halides is 36. The quantitative estimate of drug-likeness (QED) is 0.0207. The lowest BCUT2D eigenvalue weighted by molar-refractivity contribution is -0.303. The largest absolute Gasteiger partial charge is 0.455 e. The molecule has 0 saturated heterocycles. The second kappa shape index (κ2) is 61.7. The van der Waals surface area contributed by atoms with Gasteiger partial charge in [-0.25, -0.2) is 26.3 Å². The Morgan fingerprint density at radius 1 is 0.154 bits per heavy atom. The smallest absolute Gasteiger partial charge is 0.396 e. The predicted molar refractivity (Wildman–Crippen MR) is 409 cm³/mol. The molecule has 832 valence electrons. The Labute approximate surface area is 765 Å². The third-order valence-electron chi connectivity index (χ3n) is 17.5. The molecule has 136 heavy (non-hydrogen) atoms. The summed E-state index contributed by atoms with van der Waals surface area (Å²) >= 11 is 0. The molecule has 0 rings (SSSR count). The molecule has 60 heteroatoms. The number of ether oxygens (including phenoxy) is 16. The molecular weight excluding hydrogens is 1980 g/mol. The summed E-state index contributed by atoms with van der Waals surface area (Å²) in [7, 11) is 0. The van der Waals surface area contributed by atoms with Crippen molar-refractivity contribution in [2.45, 2.75) is 179 Å². The van der Waals surface area contributed by atoms with Gasteiger partial charge in [-0.05, 0) is 0 Å². The first-order valence-corrected chi connectivity index (χ1v) is 40.3. The molecule has 0 spiro atoms. The lowest BCUT2D eigenvalue weighted by Gasteiger charge is -2.29. The maximum atomic E-state index is 13.5. The first-order valence-electron chi connectivity index (χ1n) is 40.3. The van der Waals surface area contributed by atoms with Gasteiger partial charge in [0.15, 0.2) is 0 Å². The minimum Gasteiger partial charge on any atom is -0.396 e. The molecule has 0 aromatic rings. The van der Waals surface area contributed by atoms with Crippen molar-refractivity contribution in [1.29, 1.82) is 0 Å². The fourth-order valence-electron chi connectivity index (χ4n) is 9.22. The van der Waals surface area contributed by atoms with E-state index < -0.39 is 292 Å². The van der Waals surface area contributed by atoms with Gasteiger partial charge in [-0.3, -0.25) is 0 Å². The number of hydrogen-bond donors (Lipinski definition) is 8. The van der Waals surface area contributed by atoms with E-state index in [1.807, 2.05) is 0 Å². The van der Waals surface area contributed by atoms with Gasteiger partial charge in [0.1, 0.15) is 45.9 Å². The van der Waals surface area contributed by atoms with Crippen molar-refractivity contribution >= 4 is 0 Å². The van der Waals surface area contributed by atoms with Gasteiger partial charge in [-0.2, -0.15) is 132 Å². The first-order chi connectivity index (χ1) is 61.3. The fourth-order valence-corrected chi connectivity index (χ4v) is 9.22. The zero-order valence-corrected chi connectivity index (χ0v) is 75.2. The lowest BCUT2D eigenvalue weighted by atomic mass is 9.94. The van der Waals surface area contributed by atoms with Crippen LogP contribution in [0.15, 0.2) is 0 Å². The summed E-state index contributed by atoms with van der Waals surface area (Å²) in [5.74, 6) is -28.2. The molecule has 0 bridgehead atoms. The predicted octanol–water partition coefficient (Wildman–Crippen LogP) is 15.8. The van der Waals surface area contributed by atoms with Crippen molar-refractivity contribution in [3.63, 3.8) is 0 Å². The van der Waals surface area contributed by atoms with Crippen LogP contribution in [0.3, 0.4) is 0 Å². The summed E-state index contributed by atoms with van der Waals surface area (Å²) in [5.41, 5.74) is -9.04. The molecule has 8 unspecified atom stereocenters. The van der Waals surface area contributed by atoms with Gasteiger partial charge in [-0.15, -0.1) is 0 Å². The van der Waals surface area contributed by atoms with E-state index in [9.17, 15) is 199 Å². The zero-order chi connectivity index (χ0) is 107. The normalized spacial score (nSPS) is 17.2. The molecule has 0 amide bonds. The minimum absolute atomic E-state index is 0. The molecule has 24 nitrogen and oxygen atoms in total. The highest BCUT2D eigenvalue weighted by atomic mass is 19.5. The van der Waals surface area contributed by atoms with E-state index in [1.54, 1.807) is 6.92 Å². The van der Waals surface area contributed by atoms with Crippen molar-refractivity contribution in [3.05, 3.63) is 0 Å². The van der Waals surface area contributed by atoms with Crippen LogP contribution in [0, 0.1) is 43.3 Å². The SMILES string of the molecule is CC(CO)(COCCOCC(C)(CO)COCC(F)(F)C(F)(F)F)COCCC(F)(F)F.CC(CO)(COCCOCC(C)(CO)COCC(F)(F)CC(F)(F)C(F)(F)F)COCCC(F)(F)CC(F)(F)F.CC(CO)(COCCOCC(C)(CO)COCC(F)(F)CC(F)(F)F)COCCC(F)(F)C(F)(F)F.CC(CO)(COCCOCC(C)(CO)COCC(F)(F)F)COCC(F)(F)F.[HH].[HH].[HH].[HH]. The molecular formula is C76H132F36O24. The number of halogens is 36. The Balaban J connectivity index is -0.000000276. The second-order valence-electron chi connectivity index (χ2n) is 34.8. The topological polar surface area (TPSA) is 310 Å². The molecule has 0 saturated carbocycles. The minimum atomic E-state index is -6.16. The van der Waals surface area contributed by atoms with Gasteiger partial charge >= 0.3 is 67.2 Å². The standard InChI is InChI=1S/C22H34F12O6.C20H32F10O6.C18H30F8O6.C16H28F6O6.4H2/c1-16(9-35,11-37-4-3-18(23,24)8-21(29,30)31)12-38-5-6-39-13-17(2,10-36)14-40-15-19(25,26)7-20(27,28)22(32,33)34;1-15(8-31,10-33-4-3-18(23,24)20(28,29)30)11-34-5-6-35-12-16(2,9-32)13-36-14-17(21,22)7-19(25,26)27;1-14(7-27,9-29-4-3-17(21,22)23)10-30-5-6-31-11-15(2,8-28)12-32-13-16(19,20)18(24,25)26;1-13(5-23,9-27-11-15(17,18)19)7-25-3-4-26-8-14(2,6-24)10-28-12-16(20,21)22;;;;/h35-36H,3-15H2,1-2H3;31-32H,3-14H2,1-2H3;27-28H,3-13H2,1-2H3;23-24H,3-12H2,1-2H3;4*1H. The van der Waals surface area contributed by atoms with Crippen molar-refractivity contribution in [1.82, 2.24) is 0 Å². The highest BCUT2D eigenvalue weighted by Gasteiger charge is 2.62. The molecule has 0 aromatic heterocycles. The van der Waals surface area contributed by atoms with Crippen LogP contribution in [-0.4, -0.2) is 390 Å². The number of aliphatic hydroxyl groups excluding tert-OH is 8. The van der Waals surface area contributed by atoms with Crippen LogP contribution in [0.1, 0.15) is 99.6 Å². The van der Waals surface area contributed by atoms with Gasteiger partial charge in [0.05, 0.1) is 244 Å². The Morgan fingerprint density at radius 2 is 0.331 bits per heavy atom. The number of rotatable bonds is 72. The monoisotopic (exact) mass is 2110 g/mol. The molecule has 8 atom stereocenters. The summed E-state index contributed by atoms with van der Waals surface area (Å²) < 4.78 is 527. The summed E-state index contributed by atoms with van der Waals surface area (Å²) in [6.07, 6.45) is -52.3. The van der Waals surface area contributed by atoms with Crippen molar-refractivity contribution < 1.29 is 280 Å². The zero-order valence-electron chi connectivity index (χ0n) is 75.2. The van der Waals surface area contributed by atoms with Gasteiger partial charge in [0.25, 0.3) is 17.8 Å². The van der Waals surface area contributed by atoms with Crippen molar-refractivity contribution in [3.8, 4) is 0 Å². The van der Waals surface area contributed by atoms with E-state index in [1.165, 1.54) is 48.5 Å². The molecule has 0 fully saturated rings. The van der Waals surface area contributed by atoms with Crippen molar-refractivity contribution in [2.75, 3.05) is 264 Å². The Morgan fingerprint density at radius 3 is 0.529 bits per heavy atom. The third kappa shape index (κ3) is 70.3. The van der Waals surface area contributed by atoms with Crippen LogP contribution in [0.2, 0.25) is 0 Å². The first kappa shape index (κ1) is 139. The second-order valence-corrected chi connectivity index (χ2v) is 34.8. The molecule has 0 aliphatic carbocycles. The molecule has 8 N–H and O–H groups in total. The van der Waals surface area contributed by atoms with Crippen molar-refractivity contribution in [2.24, 2.45) is 43.3 Å². The fraction of sp³-hybridized carbons (Fsp3) is 1.00. The third-order valence-corrected chi connectivity index (χ3v) is 17.5. The molecule has 0 aliphatic rings. The Bertz CT molecular complexity index is 3030. The highest BCUT2D eigenvalue weighted by Crippen LogP contribution is 2.44. The summed E-state index contributed by atoms with van der Waals surface area (Å²) in [6, 6.07) is 0. The van der Waals surface area contributed by atoms with Crippen LogP contribution >= 0.6 is 0 Å². The maximum Gasteiger partial charge on any atom is 0.455 e. The van der Waals surface area contributed by atoms with E-state index in [2.05, 4.69) is 23.7 Å². The summed E-state index contributed by atoms with van der Waals surface area (Å²) in [4.78, 5) is 0. The number of hydrogen-bond acceptors (Lipinski definition) is 24. The van der Waals surface area contributed by atoms with Crippen LogP contribution in [-0.2, 0) is 75.8 Å². The van der Waals surface area contributed by atoms with Crippen LogP contribution in [0.5, 0.6) is 0 Å². The average Bonchev–Trinajstić information content (AvgIpc) is 0.812. The Kier molecular flexibility index (Phi) is 63.0. The van der Waals surface area contributed by atoms with E-state index in [0.29, 0.717) is 0 Å². The Hall–Kier alpha value is -3.48. The van der Waals surface area contributed by atoms with Gasteiger partial charge in [0, 0.05) is 61.9 Å². The average molecular weight is 2110 g/mol. The van der Waals surface area contributed by atoms with E-state index in [-0.39, 0.29) is 144 Å². The van der Waals surface area contributed by atoms with E-state index in [4.69, 9.17) is 52.1 Å². The van der Waals surface area contributed by atoms with E-state index >= 15 is 0 Å². The maximum absolute atomic E-state index is 13.5. The highest BCUT2D eigenvalue weighted by molar-refractivity contribution is 4.86. The van der Waals surface area contributed by atoms with Gasteiger partial charge < -0.3 is 117 Å². The van der Waals surface area contributed by atoms with Crippen LogP contribution < -0.4 is 0 Å². The van der Waals surface area contributed by atoms with Gasteiger partial charge in [-0.1, -0.05) is 55.4 Å². The van der Waals surface area contributed by atoms with Gasteiger partial charge in [0.2, 0.25) is 0 Å². The molecule has 0 aliphatic heterocycles. The molecule has 0 heterocycles. The lowest BCUT2D eigenvalue weighted by Crippen LogP contribution is -2.44. The van der Waals surface area contributed by atoms with E-state index in [0.717, 1.165) is 0 Å². The van der Waals surface area contributed by atoms with Crippen LogP contribution in [0.4, 0.5) is 158 Å². The number of aliphatic hydroxyl groups is 8. The van der Waals surface area contributed by atoms with Crippen LogP contribution in [0.25, 0.3) is 0 Å². The molecule has 0 aromatic carbocycles.